The van der Waals surface area contributed by atoms with Crippen LogP contribution in [0.25, 0.3) is 0 Å². The fraction of sp³-hybridized carbons (Fsp3) is 0.111. The maximum atomic E-state index is 11.7. The molecule has 4 N–H and O–H groups in total. The maximum absolute atomic E-state index is 11.7. The van der Waals surface area contributed by atoms with Gasteiger partial charge in [0.15, 0.2) is 5.84 Å². The van der Waals surface area contributed by atoms with E-state index in [1.807, 2.05) is 6.07 Å². The maximum Gasteiger partial charge on any atom is 0.252 e. The molecular weight excluding hydrogens is 342 g/mol. The number of halogens is 2. The van der Waals surface area contributed by atoms with E-state index >= 15 is 0 Å². The number of hydrogen-bond donors (Lipinski definition) is 3. The number of nitrogens with two attached hydrogens (primary N) is 1. The lowest BCUT2D eigenvalue weighted by molar-refractivity contribution is 0.0958. The van der Waals surface area contributed by atoms with Crippen molar-refractivity contribution in [1.82, 2.24) is 5.32 Å². The molecule has 7 heteroatoms. The Hall–Kier alpha value is -1.08. The number of carbonyl (C=O) groups is 1. The van der Waals surface area contributed by atoms with Gasteiger partial charge in [0.1, 0.15) is 0 Å². The van der Waals surface area contributed by atoms with Crippen LogP contribution in [0.5, 0.6) is 0 Å². The molecule has 0 spiro atoms. The molecule has 5 nitrogen and oxygen atoms in total. The van der Waals surface area contributed by atoms with Crippen LogP contribution in [0.2, 0.25) is 0 Å². The van der Waals surface area contributed by atoms with Crippen molar-refractivity contribution in [2.75, 3.05) is 6.54 Å². The minimum absolute atomic E-state index is 0.00567. The van der Waals surface area contributed by atoms with E-state index in [9.17, 15) is 4.79 Å². The highest BCUT2D eigenvalue weighted by atomic mass is 79.9. The molecule has 86 valence electrons. The summed E-state index contributed by atoms with van der Waals surface area (Å²) in [4.78, 5) is 11.7. The molecule has 1 aromatic rings. The second-order valence-electron chi connectivity index (χ2n) is 2.90. The van der Waals surface area contributed by atoms with Crippen molar-refractivity contribution in [3.05, 3.63) is 32.7 Å². The number of nitrogens with one attached hydrogen (secondary N) is 1. The van der Waals surface area contributed by atoms with E-state index in [0.29, 0.717) is 10.0 Å². The summed E-state index contributed by atoms with van der Waals surface area (Å²) in [5.74, 6) is -0.362. The highest BCUT2D eigenvalue weighted by Gasteiger charge is 2.10. The fourth-order valence-corrected chi connectivity index (χ4v) is 1.76. The third kappa shape index (κ3) is 3.49. The van der Waals surface area contributed by atoms with Gasteiger partial charge in [-0.05, 0) is 34.1 Å². The number of oxime groups is 1. The predicted molar refractivity (Wildman–Crippen MR) is 67.6 cm³/mol. The molecule has 0 radical (unpaired) electrons. The van der Waals surface area contributed by atoms with E-state index in [1.165, 1.54) is 0 Å². The van der Waals surface area contributed by atoms with Gasteiger partial charge in [-0.25, -0.2) is 0 Å². The third-order valence-corrected chi connectivity index (χ3v) is 2.92. The largest absolute Gasteiger partial charge is 0.409 e. The molecule has 0 fully saturated rings. The molecule has 1 rings (SSSR count). The zero-order valence-corrected chi connectivity index (χ0v) is 11.2. The van der Waals surface area contributed by atoms with Crippen molar-refractivity contribution in [2.24, 2.45) is 10.9 Å². The van der Waals surface area contributed by atoms with Crippen molar-refractivity contribution in [3.8, 4) is 0 Å². The number of rotatable bonds is 3. The molecular formula is C9H9Br2N3O2. The van der Waals surface area contributed by atoms with Crippen LogP contribution >= 0.6 is 31.9 Å². The van der Waals surface area contributed by atoms with Crippen molar-refractivity contribution < 1.29 is 10.0 Å². The second-order valence-corrected chi connectivity index (χ2v) is 4.67. The molecule has 1 amide bonds. The number of amidine groups is 1. The van der Waals surface area contributed by atoms with Crippen LogP contribution in [-0.4, -0.2) is 23.5 Å². The molecule has 0 aliphatic carbocycles. The molecule has 0 atom stereocenters. The first-order valence-corrected chi connectivity index (χ1v) is 5.83. The number of carbonyl (C=O) groups excluding carboxylic acids is 1. The highest BCUT2D eigenvalue weighted by Crippen LogP contribution is 2.21. The first-order chi connectivity index (χ1) is 7.54. The number of amides is 1. The molecule has 0 aliphatic rings. The third-order valence-electron chi connectivity index (χ3n) is 1.73. The quantitative estimate of drug-likeness (QED) is 0.335. The SMILES string of the molecule is N/C(CNC(=O)c1cc(Br)ccc1Br)=N/O. The lowest BCUT2D eigenvalue weighted by atomic mass is 10.2. The normalized spacial score (nSPS) is 11.2. The Balaban J connectivity index is 2.77. The Kier molecular flexibility index (Phi) is 4.75. The monoisotopic (exact) mass is 349 g/mol. The van der Waals surface area contributed by atoms with Gasteiger partial charge in [0, 0.05) is 8.95 Å². The fourth-order valence-electron chi connectivity index (χ4n) is 0.973. The number of nitrogens with zero attached hydrogens (tertiary/aromatic N) is 1. The standard InChI is InChI=1S/C9H9Br2N3O2/c10-5-1-2-7(11)6(3-5)9(15)13-4-8(12)14-16/h1-3,16H,4H2,(H2,12,14)(H,13,15). The van der Waals surface area contributed by atoms with Crippen LogP contribution in [0.3, 0.4) is 0 Å². The van der Waals surface area contributed by atoms with Crippen molar-refractivity contribution in [2.45, 2.75) is 0 Å². The summed E-state index contributed by atoms with van der Waals surface area (Å²) in [5.41, 5.74) is 5.70. The van der Waals surface area contributed by atoms with Crippen molar-refractivity contribution in [3.63, 3.8) is 0 Å². The van der Waals surface area contributed by atoms with Crippen molar-refractivity contribution >= 4 is 43.6 Å². The van der Waals surface area contributed by atoms with Gasteiger partial charge < -0.3 is 16.3 Å². The number of benzene rings is 1. The van der Waals surface area contributed by atoms with Crippen LogP contribution in [0.1, 0.15) is 10.4 Å². The van der Waals surface area contributed by atoms with E-state index in [0.717, 1.165) is 4.47 Å². The van der Waals surface area contributed by atoms with E-state index < -0.39 is 0 Å². The van der Waals surface area contributed by atoms with Crippen LogP contribution < -0.4 is 11.1 Å². The van der Waals surface area contributed by atoms with Gasteiger partial charge in [-0.2, -0.15) is 0 Å². The zero-order valence-electron chi connectivity index (χ0n) is 8.08. The molecule has 0 aliphatic heterocycles. The Morgan fingerprint density at radius 3 is 2.81 bits per heavy atom. The Bertz CT molecular complexity index is 435. The highest BCUT2D eigenvalue weighted by molar-refractivity contribution is 9.11. The molecule has 16 heavy (non-hydrogen) atoms. The minimum atomic E-state index is -0.306. The molecule has 0 heterocycles. The molecule has 0 aromatic heterocycles. The van der Waals surface area contributed by atoms with Crippen LogP contribution in [0.4, 0.5) is 0 Å². The molecule has 1 aromatic carbocycles. The smallest absolute Gasteiger partial charge is 0.252 e. The van der Waals surface area contributed by atoms with E-state index in [2.05, 4.69) is 42.3 Å². The predicted octanol–water partition coefficient (Wildman–Crippen LogP) is 1.69. The Labute approximate surface area is 109 Å². The van der Waals surface area contributed by atoms with E-state index in [4.69, 9.17) is 10.9 Å². The lowest BCUT2D eigenvalue weighted by Crippen LogP contribution is -2.33. The van der Waals surface area contributed by atoms with Gasteiger partial charge in [-0.3, -0.25) is 4.79 Å². The van der Waals surface area contributed by atoms with Gasteiger partial charge in [0.2, 0.25) is 0 Å². The zero-order chi connectivity index (χ0) is 12.1. The van der Waals surface area contributed by atoms with Crippen LogP contribution in [0, 0.1) is 0 Å². The Morgan fingerprint density at radius 2 is 2.19 bits per heavy atom. The summed E-state index contributed by atoms with van der Waals surface area (Å²) < 4.78 is 1.47. The van der Waals surface area contributed by atoms with Gasteiger partial charge in [0.25, 0.3) is 5.91 Å². The summed E-state index contributed by atoms with van der Waals surface area (Å²) in [6.07, 6.45) is 0. The summed E-state index contributed by atoms with van der Waals surface area (Å²) in [5, 5.41) is 13.6. The van der Waals surface area contributed by atoms with Crippen LogP contribution in [-0.2, 0) is 0 Å². The molecule has 0 unspecified atom stereocenters. The number of hydrogen-bond acceptors (Lipinski definition) is 3. The van der Waals surface area contributed by atoms with E-state index in [1.54, 1.807) is 12.1 Å². The molecule has 0 saturated carbocycles. The van der Waals surface area contributed by atoms with Gasteiger partial charge >= 0.3 is 0 Å². The first kappa shape index (κ1) is 13.0. The van der Waals surface area contributed by atoms with Gasteiger partial charge in [-0.1, -0.05) is 21.1 Å². The van der Waals surface area contributed by atoms with Crippen LogP contribution in [0.15, 0.2) is 32.3 Å². The summed E-state index contributed by atoms with van der Waals surface area (Å²) >= 11 is 6.53. The average molecular weight is 351 g/mol. The minimum Gasteiger partial charge on any atom is -0.409 e. The summed E-state index contributed by atoms with van der Waals surface area (Å²) in [6, 6.07) is 5.23. The summed E-state index contributed by atoms with van der Waals surface area (Å²) in [6.45, 7) is -0.00567. The molecule has 0 bridgehead atoms. The molecule has 0 saturated heterocycles. The second kappa shape index (κ2) is 5.86. The van der Waals surface area contributed by atoms with Gasteiger partial charge in [0.05, 0.1) is 12.1 Å². The average Bonchev–Trinajstić information content (AvgIpc) is 2.28. The van der Waals surface area contributed by atoms with E-state index in [-0.39, 0.29) is 18.3 Å². The summed E-state index contributed by atoms with van der Waals surface area (Å²) in [7, 11) is 0. The topological polar surface area (TPSA) is 87.7 Å². The van der Waals surface area contributed by atoms with Crippen molar-refractivity contribution in [1.29, 1.82) is 0 Å². The Morgan fingerprint density at radius 1 is 1.50 bits per heavy atom. The lowest BCUT2D eigenvalue weighted by Gasteiger charge is -2.06. The first-order valence-electron chi connectivity index (χ1n) is 4.24. The van der Waals surface area contributed by atoms with Gasteiger partial charge in [-0.15, -0.1) is 0 Å².